The highest BCUT2D eigenvalue weighted by Gasteiger charge is 2.40. The first kappa shape index (κ1) is 12.3. The van der Waals surface area contributed by atoms with Crippen LogP contribution in [-0.2, 0) is 4.79 Å². The quantitative estimate of drug-likeness (QED) is 0.675. The van der Waals surface area contributed by atoms with E-state index in [4.69, 9.17) is 5.26 Å². The van der Waals surface area contributed by atoms with Gasteiger partial charge in [-0.15, -0.1) is 0 Å². The van der Waals surface area contributed by atoms with Crippen LogP contribution in [0.15, 0.2) is 0 Å². The number of aliphatic hydroxyl groups excluding tert-OH is 1. The van der Waals surface area contributed by atoms with Crippen molar-refractivity contribution in [1.29, 1.82) is 5.26 Å². The monoisotopic (exact) mass is 237 g/mol. The van der Waals surface area contributed by atoms with Gasteiger partial charge in [0, 0.05) is 18.6 Å². The molecule has 0 aromatic rings. The molecule has 5 heteroatoms. The fourth-order valence-electron chi connectivity index (χ4n) is 2.98. The van der Waals surface area contributed by atoms with Crippen molar-refractivity contribution in [2.24, 2.45) is 0 Å². The van der Waals surface area contributed by atoms with E-state index in [1.54, 1.807) is 0 Å². The number of amides is 1. The number of hydrogen-bond donors (Lipinski definition) is 2. The Morgan fingerprint density at radius 2 is 2.06 bits per heavy atom. The molecule has 0 aromatic heterocycles. The second kappa shape index (κ2) is 5.48. The summed E-state index contributed by atoms with van der Waals surface area (Å²) >= 11 is 0. The maximum atomic E-state index is 11.7. The summed E-state index contributed by atoms with van der Waals surface area (Å²) < 4.78 is 0. The van der Waals surface area contributed by atoms with E-state index in [-0.39, 0.29) is 12.0 Å². The minimum atomic E-state index is -0.189. The molecular formula is C12H19N3O2. The number of rotatable bonds is 4. The Balaban J connectivity index is 1.80. The average molecular weight is 237 g/mol. The van der Waals surface area contributed by atoms with Gasteiger partial charge in [0.15, 0.2) is 0 Å². The Morgan fingerprint density at radius 3 is 2.65 bits per heavy atom. The predicted octanol–water partition coefficient (Wildman–Crippen LogP) is 0.00398. The van der Waals surface area contributed by atoms with Gasteiger partial charge in [-0.2, -0.15) is 5.26 Å². The largest absolute Gasteiger partial charge is 0.393 e. The maximum Gasteiger partial charge on any atom is 0.234 e. The maximum absolute atomic E-state index is 11.7. The molecule has 0 saturated carbocycles. The van der Waals surface area contributed by atoms with Crippen LogP contribution in [0.4, 0.5) is 0 Å². The van der Waals surface area contributed by atoms with Gasteiger partial charge < -0.3 is 10.4 Å². The van der Waals surface area contributed by atoms with Crippen molar-refractivity contribution in [2.75, 3.05) is 13.1 Å². The molecule has 17 heavy (non-hydrogen) atoms. The van der Waals surface area contributed by atoms with Crippen LogP contribution in [0.1, 0.15) is 32.1 Å². The Bertz CT molecular complexity index is 312. The first-order valence-electron chi connectivity index (χ1n) is 6.28. The minimum absolute atomic E-state index is 0.00598. The summed E-state index contributed by atoms with van der Waals surface area (Å²) in [5, 5.41) is 20.8. The molecule has 2 saturated heterocycles. The third-order valence-corrected chi connectivity index (χ3v) is 3.74. The van der Waals surface area contributed by atoms with E-state index in [9.17, 15) is 9.90 Å². The van der Waals surface area contributed by atoms with E-state index in [0.717, 1.165) is 25.7 Å². The van der Waals surface area contributed by atoms with Gasteiger partial charge in [-0.25, -0.2) is 0 Å². The highest BCUT2D eigenvalue weighted by atomic mass is 16.3. The zero-order valence-electron chi connectivity index (χ0n) is 9.93. The summed E-state index contributed by atoms with van der Waals surface area (Å²) in [4.78, 5) is 13.9. The van der Waals surface area contributed by atoms with Gasteiger partial charge in [-0.3, -0.25) is 9.69 Å². The van der Waals surface area contributed by atoms with Crippen LogP contribution in [0.3, 0.4) is 0 Å². The molecular weight excluding hydrogens is 218 g/mol. The summed E-state index contributed by atoms with van der Waals surface area (Å²) in [6.45, 7) is 0.842. The van der Waals surface area contributed by atoms with Gasteiger partial charge in [-0.05, 0) is 25.7 Å². The van der Waals surface area contributed by atoms with Crippen molar-refractivity contribution in [1.82, 2.24) is 10.2 Å². The summed E-state index contributed by atoms with van der Waals surface area (Å²) in [6.07, 6.45) is 3.94. The number of fused-ring (bicyclic) bond motifs is 2. The first-order chi connectivity index (χ1) is 8.20. The van der Waals surface area contributed by atoms with Crippen LogP contribution in [0, 0.1) is 11.3 Å². The Hall–Kier alpha value is -1.12. The lowest BCUT2D eigenvalue weighted by Gasteiger charge is -2.36. The topological polar surface area (TPSA) is 76.4 Å². The number of piperidine rings is 1. The van der Waals surface area contributed by atoms with Crippen molar-refractivity contribution in [3.05, 3.63) is 0 Å². The van der Waals surface area contributed by atoms with E-state index in [0.29, 0.717) is 31.6 Å². The summed E-state index contributed by atoms with van der Waals surface area (Å²) in [7, 11) is 0. The zero-order valence-corrected chi connectivity index (χ0v) is 9.93. The fraction of sp³-hybridized carbons (Fsp3) is 0.833. The molecule has 2 fully saturated rings. The lowest BCUT2D eigenvalue weighted by atomic mass is 10.00. The second-order valence-electron chi connectivity index (χ2n) is 4.94. The third-order valence-electron chi connectivity index (χ3n) is 3.74. The van der Waals surface area contributed by atoms with Crippen LogP contribution in [-0.4, -0.2) is 47.2 Å². The number of nitriles is 1. The Kier molecular flexibility index (Phi) is 3.97. The molecule has 2 N–H and O–H groups in total. The van der Waals surface area contributed by atoms with Gasteiger partial charge in [0.1, 0.15) is 0 Å². The Labute approximate surface area is 101 Å². The molecule has 94 valence electrons. The lowest BCUT2D eigenvalue weighted by molar-refractivity contribution is -0.123. The molecule has 0 aliphatic carbocycles. The van der Waals surface area contributed by atoms with Gasteiger partial charge in [0.25, 0.3) is 0 Å². The molecule has 2 aliphatic heterocycles. The molecule has 2 bridgehead atoms. The third kappa shape index (κ3) is 2.96. The van der Waals surface area contributed by atoms with Gasteiger partial charge >= 0.3 is 0 Å². The van der Waals surface area contributed by atoms with Crippen molar-refractivity contribution < 1.29 is 9.90 Å². The molecule has 1 amide bonds. The summed E-state index contributed by atoms with van der Waals surface area (Å²) in [5.74, 6) is -0.00598. The molecule has 2 unspecified atom stereocenters. The molecule has 0 aromatic carbocycles. The summed E-state index contributed by atoms with van der Waals surface area (Å²) in [5.41, 5.74) is 0. The number of aliphatic hydroxyl groups is 1. The predicted molar refractivity (Wildman–Crippen MR) is 62.0 cm³/mol. The fourth-order valence-corrected chi connectivity index (χ4v) is 2.98. The number of nitrogens with zero attached hydrogens (tertiary/aromatic N) is 2. The highest BCUT2D eigenvalue weighted by molar-refractivity contribution is 5.78. The molecule has 2 rings (SSSR count). The number of nitrogens with one attached hydrogen (secondary N) is 1. The van der Waals surface area contributed by atoms with Crippen LogP contribution < -0.4 is 5.32 Å². The van der Waals surface area contributed by atoms with E-state index in [1.807, 2.05) is 6.07 Å². The van der Waals surface area contributed by atoms with Crippen molar-refractivity contribution in [2.45, 2.75) is 50.3 Å². The Morgan fingerprint density at radius 1 is 1.41 bits per heavy atom. The van der Waals surface area contributed by atoms with Crippen molar-refractivity contribution in [3.63, 3.8) is 0 Å². The lowest BCUT2D eigenvalue weighted by Crippen LogP contribution is -2.49. The standard InChI is InChI=1S/C12H19N3O2/c13-4-1-5-14-12(17)8-15-9-2-3-10(15)7-11(16)6-9/h9-11,16H,1-3,5-8H2,(H,14,17). The van der Waals surface area contributed by atoms with E-state index < -0.39 is 0 Å². The molecule has 0 radical (unpaired) electrons. The van der Waals surface area contributed by atoms with Gasteiger partial charge in [-0.1, -0.05) is 0 Å². The minimum Gasteiger partial charge on any atom is -0.393 e. The van der Waals surface area contributed by atoms with E-state index in [2.05, 4.69) is 10.2 Å². The normalized spacial score (nSPS) is 32.1. The van der Waals surface area contributed by atoms with Crippen molar-refractivity contribution in [3.8, 4) is 6.07 Å². The second-order valence-corrected chi connectivity index (χ2v) is 4.94. The number of carbonyl (C=O) groups excluding carboxylic acids is 1. The average Bonchev–Trinajstić information content (AvgIpc) is 2.53. The highest BCUT2D eigenvalue weighted by Crippen LogP contribution is 2.35. The van der Waals surface area contributed by atoms with E-state index >= 15 is 0 Å². The van der Waals surface area contributed by atoms with Crippen molar-refractivity contribution >= 4 is 5.91 Å². The molecule has 0 spiro atoms. The SMILES string of the molecule is N#CCCNC(=O)CN1C2CCC1CC(O)C2. The number of hydrogen-bond acceptors (Lipinski definition) is 4. The number of carbonyl (C=O) groups is 1. The summed E-state index contributed by atoms with van der Waals surface area (Å²) in [6, 6.07) is 2.73. The molecule has 2 heterocycles. The molecule has 5 nitrogen and oxygen atoms in total. The van der Waals surface area contributed by atoms with Gasteiger partial charge in [0.2, 0.25) is 5.91 Å². The van der Waals surface area contributed by atoms with Crippen LogP contribution >= 0.6 is 0 Å². The van der Waals surface area contributed by atoms with Crippen LogP contribution in [0.5, 0.6) is 0 Å². The van der Waals surface area contributed by atoms with Crippen LogP contribution in [0.2, 0.25) is 0 Å². The molecule has 2 atom stereocenters. The van der Waals surface area contributed by atoms with Gasteiger partial charge in [0.05, 0.1) is 25.1 Å². The zero-order chi connectivity index (χ0) is 12.3. The van der Waals surface area contributed by atoms with Crippen LogP contribution in [0.25, 0.3) is 0 Å². The smallest absolute Gasteiger partial charge is 0.234 e. The van der Waals surface area contributed by atoms with E-state index in [1.165, 1.54) is 0 Å². The first-order valence-corrected chi connectivity index (χ1v) is 6.28. The molecule has 2 aliphatic rings.